The fourth-order valence-electron chi connectivity index (χ4n) is 4.01. The number of aliphatic imine (C=N–C) groups is 1. The van der Waals surface area contributed by atoms with Crippen LogP contribution >= 0.6 is 7.60 Å². The number of rotatable bonds is 12. The smallest absolute Gasteiger partial charge is 0.445 e. The first-order valence-electron chi connectivity index (χ1n) is 13.4. The highest BCUT2D eigenvalue weighted by molar-refractivity contribution is 7.91. The van der Waals surface area contributed by atoms with Crippen LogP contribution < -0.4 is 25.8 Å². The number of nitrogens with zero attached hydrogens (tertiary/aromatic N) is 1. The Morgan fingerprint density at radius 2 is 1.24 bits per heavy atom. The lowest BCUT2D eigenvalue weighted by Crippen LogP contribution is -2.31. The lowest BCUT2D eigenvalue weighted by molar-refractivity contribution is 0.137. The van der Waals surface area contributed by atoms with Gasteiger partial charge in [0.1, 0.15) is 18.1 Å². The van der Waals surface area contributed by atoms with Crippen molar-refractivity contribution in [3.05, 3.63) is 114 Å². The molecule has 0 aliphatic heterocycles. The molecular formula is C30H31N4O9PS2. The Bertz CT molecular complexity index is 1890. The quantitative estimate of drug-likeness (QED) is 0.106. The third-order valence-corrected chi connectivity index (χ3v) is 10.5. The van der Waals surface area contributed by atoms with Gasteiger partial charge >= 0.3 is 13.7 Å². The van der Waals surface area contributed by atoms with E-state index >= 15 is 0 Å². The fraction of sp³-hybridized carbons (Fsp3) is 0.133. The van der Waals surface area contributed by atoms with E-state index in [0.29, 0.717) is 11.3 Å². The zero-order chi connectivity index (χ0) is 33.5. The molecule has 13 nitrogen and oxygen atoms in total. The number of carbonyl (C=O) groups excluding carboxylic acids is 1. The first kappa shape index (κ1) is 34.0. The highest BCUT2D eigenvalue weighted by Crippen LogP contribution is 2.59. The van der Waals surface area contributed by atoms with Crippen molar-refractivity contribution < 1.29 is 40.0 Å². The van der Waals surface area contributed by atoms with E-state index in [2.05, 4.69) is 10.3 Å². The molecule has 242 valence electrons. The average Bonchev–Trinajstić information content (AvgIpc) is 2.99. The van der Waals surface area contributed by atoms with Crippen molar-refractivity contribution in [3.63, 3.8) is 0 Å². The number of ether oxygens (including phenoxy) is 1. The summed E-state index contributed by atoms with van der Waals surface area (Å²) < 4.78 is 80.1. The number of sulfone groups is 2. The Labute approximate surface area is 266 Å². The van der Waals surface area contributed by atoms with E-state index in [0.717, 1.165) is 12.5 Å². The van der Waals surface area contributed by atoms with Gasteiger partial charge < -0.3 is 30.6 Å². The van der Waals surface area contributed by atoms with E-state index in [-0.39, 0.29) is 39.4 Å². The minimum absolute atomic E-state index is 0.0125. The Morgan fingerprint density at radius 3 is 1.67 bits per heavy atom. The minimum Gasteiger partial charge on any atom is -0.445 e. The maximum atomic E-state index is 14.9. The van der Waals surface area contributed by atoms with Crippen LogP contribution in [0.1, 0.15) is 16.9 Å². The summed E-state index contributed by atoms with van der Waals surface area (Å²) >= 11 is 0. The number of alkyl carbamates (subject to hydrolysis) is 1. The van der Waals surface area contributed by atoms with Crippen molar-refractivity contribution in [1.82, 2.24) is 5.32 Å². The molecule has 1 amide bonds. The van der Waals surface area contributed by atoms with Gasteiger partial charge in [-0.1, -0.05) is 42.5 Å². The first-order chi connectivity index (χ1) is 21.6. The molecule has 0 aromatic heterocycles. The molecule has 0 radical (unpaired) electrons. The summed E-state index contributed by atoms with van der Waals surface area (Å²) in [6, 6.07) is 25.0. The molecule has 0 bridgehead atoms. The molecule has 46 heavy (non-hydrogen) atoms. The third kappa shape index (κ3) is 9.33. The summed E-state index contributed by atoms with van der Waals surface area (Å²) in [5.74, 6) is -1.82. The number of benzene rings is 4. The topological polar surface area (TPSA) is 207 Å². The zero-order valence-corrected chi connectivity index (χ0v) is 27.2. The first-order valence-corrected chi connectivity index (χ1v) is 18.8. The summed E-state index contributed by atoms with van der Waals surface area (Å²) in [6.45, 7) is -0.102. The van der Waals surface area contributed by atoms with Crippen LogP contribution in [0.4, 0.5) is 10.5 Å². The number of hydrogen-bond acceptors (Lipinski definition) is 10. The molecule has 0 spiro atoms. The summed E-state index contributed by atoms with van der Waals surface area (Å²) in [5.41, 5.74) is 12.2. The van der Waals surface area contributed by atoms with E-state index in [1.165, 1.54) is 72.8 Å². The van der Waals surface area contributed by atoms with Gasteiger partial charge in [0, 0.05) is 12.5 Å². The minimum atomic E-state index is -4.60. The second kappa shape index (κ2) is 14.1. The lowest BCUT2D eigenvalue weighted by atomic mass is 10.2. The normalized spacial score (nSPS) is 12.4. The maximum Gasteiger partial charge on any atom is 0.457 e. The van der Waals surface area contributed by atoms with Crippen LogP contribution in [0.2, 0.25) is 0 Å². The largest absolute Gasteiger partial charge is 0.457 e. The third-order valence-electron chi connectivity index (χ3n) is 6.22. The highest BCUT2D eigenvalue weighted by Gasteiger charge is 2.42. The molecule has 0 aliphatic rings. The van der Waals surface area contributed by atoms with E-state index in [1.807, 2.05) is 6.07 Å². The summed E-state index contributed by atoms with van der Waals surface area (Å²) in [7, 11) is -11.7. The van der Waals surface area contributed by atoms with E-state index in [1.54, 1.807) is 24.3 Å². The van der Waals surface area contributed by atoms with Crippen molar-refractivity contribution in [2.24, 2.45) is 16.5 Å². The van der Waals surface area contributed by atoms with Crippen LogP contribution in [0.3, 0.4) is 0 Å². The monoisotopic (exact) mass is 686 g/mol. The summed E-state index contributed by atoms with van der Waals surface area (Å²) in [6.07, 6.45) is 1.10. The number of guanidine groups is 1. The van der Waals surface area contributed by atoms with Gasteiger partial charge in [0.05, 0.1) is 15.5 Å². The maximum absolute atomic E-state index is 14.9. The Hall–Kier alpha value is -4.85. The Morgan fingerprint density at radius 1 is 0.761 bits per heavy atom. The molecule has 0 aliphatic carbocycles. The summed E-state index contributed by atoms with van der Waals surface area (Å²) in [4.78, 5) is 17.1. The van der Waals surface area contributed by atoms with Gasteiger partial charge in [0.25, 0.3) is 0 Å². The molecule has 1 atom stereocenters. The van der Waals surface area contributed by atoms with Gasteiger partial charge in [-0.05, 0) is 71.8 Å². The number of nitrogens with two attached hydrogens (primary N) is 2. The second-order valence-electron chi connectivity index (χ2n) is 9.95. The number of nitrogens with one attached hydrogen (secondary N) is 1. The summed E-state index contributed by atoms with van der Waals surface area (Å²) in [5, 5.41) is 2.56. The number of carbonyl (C=O) groups is 1. The molecule has 0 saturated carbocycles. The van der Waals surface area contributed by atoms with Crippen LogP contribution in [-0.2, 0) is 35.6 Å². The van der Waals surface area contributed by atoms with Gasteiger partial charge in [-0.3, -0.25) is 0 Å². The highest BCUT2D eigenvalue weighted by atomic mass is 32.2. The molecule has 0 saturated heterocycles. The van der Waals surface area contributed by atoms with Crippen LogP contribution in [0.5, 0.6) is 11.5 Å². The van der Waals surface area contributed by atoms with Crippen molar-refractivity contribution in [2.75, 3.05) is 12.5 Å². The predicted octanol–water partition coefficient (Wildman–Crippen LogP) is 4.67. The SMILES string of the molecule is CS(=O)(=O)c1ccc(OP(=O)(Oc2ccc(S(C)(=O)=O)cc2)C(NC(=O)OCc2ccccc2)c2ccc(N=C(N)N)cc2)cc1. The van der Waals surface area contributed by atoms with Gasteiger partial charge in [-0.2, -0.15) is 0 Å². The van der Waals surface area contributed by atoms with Crippen LogP contribution in [-0.4, -0.2) is 41.4 Å². The van der Waals surface area contributed by atoms with Gasteiger partial charge in [0.2, 0.25) is 0 Å². The van der Waals surface area contributed by atoms with E-state index in [9.17, 15) is 26.2 Å². The molecule has 0 heterocycles. The van der Waals surface area contributed by atoms with Gasteiger partial charge in [0.15, 0.2) is 31.4 Å². The molecular weight excluding hydrogens is 655 g/mol. The fourth-order valence-corrected chi connectivity index (χ4v) is 7.16. The molecule has 4 rings (SSSR count). The molecule has 4 aromatic rings. The zero-order valence-electron chi connectivity index (χ0n) is 24.6. The molecule has 4 aromatic carbocycles. The standard InChI is InChI=1S/C30H31N4O9PS2/c1-45(37,38)26-16-12-24(13-17-26)42-44(36,43-25-14-18-27(19-15-25)46(2,39)40)28(22-8-10-23(11-9-22)33-29(31)32)34-30(35)41-20-21-6-4-3-5-7-21/h3-19,28H,20H2,1-2H3,(H,34,35)(H4,31,32,33). The average molecular weight is 687 g/mol. The van der Waals surface area contributed by atoms with E-state index in [4.69, 9.17) is 25.3 Å². The van der Waals surface area contributed by atoms with Crippen molar-refractivity contribution in [1.29, 1.82) is 0 Å². The van der Waals surface area contributed by atoms with Crippen LogP contribution in [0.25, 0.3) is 0 Å². The predicted molar refractivity (Wildman–Crippen MR) is 172 cm³/mol. The second-order valence-corrected chi connectivity index (χ2v) is 15.9. The molecule has 5 N–H and O–H groups in total. The van der Waals surface area contributed by atoms with Gasteiger partial charge in [-0.15, -0.1) is 0 Å². The molecule has 16 heteroatoms. The van der Waals surface area contributed by atoms with Crippen molar-refractivity contribution in [2.45, 2.75) is 22.2 Å². The van der Waals surface area contributed by atoms with Crippen molar-refractivity contribution in [3.8, 4) is 11.5 Å². The lowest BCUT2D eigenvalue weighted by Gasteiger charge is -2.28. The number of amides is 1. The van der Waals surface area contributed by atoms with Crippen molar-refractivity contribution >= 4 is 45.0 Å². The number of hydrogen-bond donors (Lipinski definition) is 3. The Kier molecular flexibility index (Phi) is 10.4. The van der Waals surface area contributed by atoms with Crippen LogP contribution in [0, 0.1) is 0 Å². The Balaban J connectivity index is 1.77. The van der Waals surface area contributed by atoms with Gasteiger partial charge in [-0.25, -0.2) is 31.2 Å². The van der Waals surface area contributed by atoms with E-state index < -0.39 is 39.1 Å². The molecule has 0 fully saturated rings. The van der Waals surface area contributed by atoms with Crippen LogP contribution in [0.15, 0.2) is 118 Å². The molecule has 1 unspecified atom stereocenters.